The molecule has 0 saturated heterocycles. The van der Waals surface area contributed by atoms with Crippen molar-refractivity contribution in [2.45, 2.75) is 13.0 Å². The Morgan fingerprint density at radius 3 is 2.69 bits per heavy atom. The molecule has 0 fully saturated rings. The highest BCUT2D eigenvalue weighted by molar-refractivity contribution is 9.10. The monoisotopic (exact) mass is 438 g/mol. The van der Waals surface area contributed by atoms with Gasteiger partial charge in [0.25, 0.3) is 5.91 Å². The van der Waals surface area contributed by atoms with E-state index in [0.29, 0.717) is 4.47 Å². The van der Waals surface area contributed by atoms with Crippen molar-refractivity contribution < 1.29 is 18.7 Å². The molecule has 1 aromatic heterocycles. The van der Waals surface area contributed by atoms with E-state index >= 15 is 0 Å². The standard InChI is InChI=1S/C18H13BrClFN2O3/c1-9(17(24)23-14-7-6-10(21)8-12(14)20)26-18(25)16-15(19)11-4-2-3-5-13(11)22-16/h2-9,22H,1H3,(H,23,24). The summed E-state index contributed by atoms with van der Waals surface area (Å²) in [5.74, 6) is -1.78. The molecule has 26 heavy (non-hydrogen) atoms. The third-order valence-corrected chi connectivity index (χ3v) is 4.83. The second kappa shape index (κ2) is 7.47. The Balaban J connectivity index is 1.71. The molecule has 0 aliphatic rings. The number of H-pyrrole nitrogens is 1. The second-order valence-electron chi connectivity index (χ2n) is 5.52. The topological polar surface area (TPSA) is 71.2 Å². The fourth-order valence-electron chi connectivity index (χ4n) is 2.35. The molecular weight excluding hydrogens is 427 g/mol. The Morgan fingerprint density at radius 2 is 2.00 bits per heavy atom. The van der Waals surface area contributed by atoms with Gasteiger partial charge in [0, 0.05) is 10.9 Å². The first kappa shape index (κ1) is 18.4. The number of benzene rings is 2. The number of esters is 1. The minimum Gasteiger partial charge on any atom is -0.448 e. The molecule has 2 N–H and O–H groups in total. The van der Waals surface area contributed by atoms with Crippen molar-refractivity contribution in [3.63, 3.8) is 0 Å². The van der Waals surface area contributed by atoms with E-state index in [4.69, 9.17) is 16.3 Å². The summed E-state index contributed by atoms with van der Waals surface area (Å²) in [5, 5.41) is 3.38. The van der Waals surface area contributed by atoms with Gasteiger partial charge in [-0.05, 0) is 47.1 Å². The smallest absolute Gasteiger partial charge is 0.356 e. The Morgan fingerprint density at radius 1 is 1.27 bits per heavy atom. The van der Waals surface area contributed by atoms with Gasteiger partial charge >= 0.3 is 5.97 Å². The number of para-hydroxylation sites is 1. The lowest BCUT2D eigenvalue weighted by atomic mass is 10.2. The summed E-state index contributed by atoms with van der Waals surface area (Å²) in [6.45, 7) is 1.43. The number of nitrogens with one attached hydrogen (secondary N) is 2. The summed E-state index contributed by atoms with van der Waals surface area (Å²) in [6, 6.07) is 10.9. The number of carbonyl (C=O) groups is 2. The summed E-state index contributed by atoms with van der Waals surface area (Å²) < 4.78 is 18.8. The Hall–Kier alpha value is -2.38. The molecule has 0 spiro atoms. The zero-order chi connectivity index (χ0) is 18.8. The maximum Gasteiger partial charge on any atom is 0.356 e. The summed E-state index contributed by atoms with van der Waals surface area (Å²) >= 11 is 9.24. The first-order valence-corrected chi connectivity index (χ1v) is 8.77. The van der Waals surface area contributed by atoms with E-state index in [9.17, 15) is 14.0 Å². The van der Waals surface area contributed by atoms with Crippen LogP contribution in [0.3, 0.4) is 0 Å². The first-order valence-electron chi connectivity index (χ1n) is 7.60. The van der Waals surface area contributed by atoms with E-state index in [2.05, 4.69) is 26.2 Å². The Kier molecular flexibility index (Phi) is 5.29. The quantitative estimate of drug-likeness (QED) is 0.568. The third-order valence-electron chi connectivity index (χ3n) is 3.69. The van der Waals surface area contributed by atoms with Crippen LogP contribution in [0.15, 0.2) is 46.9 Å². The van der Waals surface area contributed by atoms with Crippen LogP contribution in [0.25, 0.3) is 10.9 Å². The van der Waals surface area contributed by atoms with Crippen LogP contribution in [0.4, 0.5) is 10.1 Å². The van der Waals surface area contributed by atoms with Gasteiger partial charge < -0.3 is 15.0 Å². The molecule has 134 valence electrons. The molecule has 3 aromatic rings. The molecule has 3 rings (SSSR count). The van der Waals surface area contributed by atoms with Crippen molar-refractivity contribution in [1.82, 2.24) is 4.98 Å². The van der Waals surface area contributed by atoms with E-state index in [1.54, 1.807) is 0 Å². The van der Waals surface area contributed by atoms with Gasteiger partial charge in [0.1, 0.15) is 11.5 Å². The number of carbonyl (C=O) groups excluding carboxylic acids is 2. The van der Waals surface area contributed by atoms with Crippen molar-refractivity contribution in [3.8, 4) is 0 Å². The zero-order valence-corrected chi connectivity index (χ0v) is 15.8. The number of aromatic nitrogens is 1. The molecule has 0 bridgehead atoms. The number of ether oxygens (including phenoxy) is 1. The normalized spacial score (nSPS) is 12.0. The highest BCUT2D eigenvalue weighted by Crippen LogP contribution is 2.28. The number of amides is 1. The van der Waals surface area contributed by atoms with Gasteiger partial charge in [-0.2, -0.15) is 0 Å². The number of rotatable bonds is 4. The largest absolute Gasteiger partial charge is 0.448 e. The van der Waals surface area contributed by atoms with Crippen LogP contribution in [0.5, 0.6) is 0 Å². The molecule has 5 nitrogen and oxygen atoms in total. The predicted octanol–water partition coefficient (Wildman–Crippen LogP) is 4.91. The van der Waals surface area contributed by atoms with Crippen LogP contribution in [-0.4, -0.2) is 23.0 Å². The first-order chi connectivity index (χ1) is 12.4. The fourth-order valence-corrected chi connectivity index (χ4v) is 3.17. The molecular formula is C18H13BrClFN2O3. The zero-order valence-electron chi connectivity index (χ0n) is 13.5. The molecule has 0 aliphatic carbocycles. The SMILES string of the molecule is CC(OC(=O)c1[nH]c2ccccc2c1Br)C(=O)Nc1ccc(F)cc1Cl. The Bertz CT molecular complexity index is 1010. The van der Waals surface area contributed by atoms with Gasteiger partial charge in [0.05, 0.1) is 15.2 Å². The van der Waals surface area contributed by atoms with Crippen LogP contribution in [-0.2, 0) is 9.53 Å². The van der Waals surface area contributed by atoms with E-state index in [-0.39, 0.29) is 16.4 Å². The lowest BCUT2D eigenvalue weighted by Gasteiger charge is -2.14. The molecule has 0 radical (unpaired) electrons. The summed E-state index contributed by atoms with van der Waals surface area (Å²) in [4.78, 5) is 27.5. The molecule has 0 saturated carbocycles. The molecule has 1 heterocycles. The fraction of sp³-hybridized carbons (Fsp3) is 0.111. The van der Waals surface area contributed by atoms with Gasteiger partial charge in [-0.25, -0.2) is 9.18 Å². The summed E-state index contributed by atoms with van der Waals surface area (Å²) in [6.07, 6.45) is -1.08. The lowest BCUT2D eigenvalue weighted by molar-refractivity contribution is -0.123. The van der Waals surface area contributed by atoms with Crippen LogP contribution in [0, 0.1) is 5.82 Å². The van der Waals surface area contributed by atoms with E-state index in [1.165, 1.54) is 19.1 Å². The van der Waals surface area contributed by atoms with Gasteiger partial charge in [-0.3, -0.25) is 4.79 Å². The van der Waals surface area contributed by atoms with Crippen molar-refractivity contribution in [2.24, 2.45) is 0 Å². The predicted molar refractivity (Wildman–Crippen MR) is 101 cm³/mol. The molecule has 1 atom stereocenters. The van der Waals surface area contributed by atoms with Crippen molar-refractivity contribution >= 4 is 56.0 Å². The van der Waals surface area contributed by atoms with Gasteiger partial charge in [0.15, 0.2) is 6.10 Å². The maximum absolute atomic E-state index is 13.1. The van der Waals surface area contributed by atoms with Crippen LogP contribution in [0.2, 0.25) is 5.02 Å². The minimum absolute atomic E-state index is 0.0511. The lowest BCUT2D eigenvalue weighted by Crippen LogP contribution is -2.30. The average Bonchev–Trinajstić information content (AvgIpc) is 2.94. The Labute approximate surface area is 161 Å². The van der Waals surface area contributed by atoms with Crippen LogP contribution in [0.1, 0.15) is 17.4 Å². The number of hydrogen-bond donors (Lipinski definition) is 2. The molecule has 8 heteroatoms. The van der Waals surface area contributed by atoms with Gasteiger partial charge in [-0.15, -0.1) is 0 Å². The number of hydrogen-bond acceptors (Lipinski definition) is 3. The van der Waals surface area contributed by atoms with E-state index in [0.717, 1.165) is 17.0 Å². The van der Waals surface area contributed by atoms with E-state index < -0.39 is 23.8 Å². The maximum atomic E-state index is 13.1. The summed E-state index contributed by atoms with van der Waals surface area (Å²) in [5.41, 5.74) is 1.21. The highest BCUT2D eigenvalue weighted by atomic mass is 79.9. The van der Waals surface area contributed by atoms with Crippen LogP contribution >= 0.6 is 27.5 Å². The van der Waals surface area contributed by atoms with Crippen molar-refractivity contribution in [3.05, 3.63) is 63.5 Å². The third kappa shape index (κ3) is 3.73. The second-order valence-corrected chi connectivity index (χ2v) is 6.72. The van der Waals surface area contributed by atoms with Crippen molar-refractivity contribution in [1.29, 1.82) is 0 Å². The van der Waals surface area contributed by atoms with Gasteiger partial charge in [0.2, 0.25) is 0 Å². The average molecular weight is 440 g/mol. The number of anilines is 1. The molecule has 0 aliphatic heterocycles. The molecule has 2 aromatic carbocycles. The number of aromatic amines is 1. The molecule has 1 amide bonds. The number of fused-ring (bicyclic) bond motifs is 1. The minimum atomic E-state index is -1.08. The van der Waals surface area contributed by atoms with E-state index in [1.807, 2.05) is 24.3 Å². The van der Waals surface area contributed by atoms with Gasteiger partial charge in [-0.1, -0.05) is 29.8 Å². The highest BCUT2D eigenvalue weighted by Gasteiger charge is 2.23. The van der Waals surface area contributed by atoms with Crippen LogP contribution < -0.4 is 5.32 Å². The summed E-state index contributed by atoms with van der Waals surface area (Å²) in [7, 11) is 0. The number of halogens is 3. The van der Waals surface area contributed by atoms with Crippen molar-refractivity contribution in [2.75, 3.05) is 5.32 Å². The molecule has 1 unspecified atom stereocenters.